The molecule has 2 amide bonds. The van der Waals surface area contributed by atoms with Crippen molar-refractivity contribution in [2.24, 2.45) is 11.5 Å². The van der Waals surface area contributed by atoms with Gasteiger partial charge in [0.05, 0.1) is 22.5 Å². The van der Waals surface area contributed by atoms with Gasteiger partial charge >= 0.3 is 0 Å². The van der Waals surface area contributed by atoms with Crippen molar-refractivity contribution >= 4 is 102 Å². The molecule has 1 rings (SSSR count). The Morgan fingerprint density at radius 2 is 1.41 bits per heavy atom. The van der Waals surface area contributed by atoms with Crippen LogP contribution < -0.4 is 22.1 Å². The minimum Gasteiger partial charge on any atom is -0.351 e. The van der Waals surface area contributed by atoms with E-state index in [-0.39, 0.29) is 22.0 Å². The topological polar surface area (TPSA) is 144 Å². The smallest absolute Gasteiger partial charge is 0.261 e. The average molecular weight is 575 g/mol. The Balaban J connectivity index is 2.36. The molecule has 0 bridgehead atoms. The Bertz CT molecular complexity index is 731. The van der Waals surface area contributed by atoms with Crippen LogP contribution in [0.15, 0.2) is 5.38 Å². The predicted molar refractivity (Wildman–Crippen MR) is 147 cm³/mol. The van der Waals surface area contributed by atoms with Gasteiger partial charge in [-0.3, -0.25) is 19.2 Å². The zero-order chi connectivity index (χ0) is 24.1. The van der Waals surface area contributed by atoms with Crippen LogP contribution in [0, 0.1) is 6.92 Å². The SMILES string of the molecule is Cc1c(C(=O)NCCSSC(=O)[C@@H](N)CS)csc1C(=O)NCCSSC(=O)[C@@H](N)CS. The first kappa shape index (κ1) is 30.0. The van der Waals surface area contributed by atoms with Crippen molar-refractivity contribution in [3.8, 4) is 0 Å². The van der Waals surface area contributed by atoms with Gasteiger partial charge in [0, 0.05) is 41.5 Å². The Morgan fingerprint density at radius 3 is 1.88 bits per heavy atom. The number of nitrogens with one attached hydrogen (secondary N) is 2. The van der Waals surface area contributed by atoms with E-state index in [1.807, 2.05) is 0 Å². The minimum atomic E-state index is -0.598. The highest BCUT2D eigenvalue weighted by atomic mass is 33.1. The van der Waals surface area contributed by atoms with Gasteiger partial charge < -0.3 is 22.1 Å². The van der Waals surface area contributed by atoms with Crippen molar-refractivity contribution < 1.29 is 19.2 Å². The van der Waals surface area contributed by atoms with E-state index < -0.39 is 12.1 Å². The molecule has 0 aromatic carbocycles. The van der Waals surface area contributed by atoms with Crippen LogP contribution in [-0.4, -0.2) is 70.2 Å². The molecule has 1 heterocycles. The largest absolute Gasteiger partial charge is 0.351 e. The zero-order valence-corrected chi connectivity index (χ0v) is 23.1. The van der Waals surface area contributed by atoms with E-state index >= 15 is 0 Å². The maximum Gasteiger partial charge on any atom is 0.261 e. The van der Waals surface area contributed by atoms with Gasteiger partial charge in [0.15, 0.2) is 0 Å². The van der Waals surface area contributed by atoms with Gasteiger partial charge in [0.25, 0.3) is 11.8 Å². The summed E-state index contributed by atoms with van der Waals surface area (Å²) in [5, 5.41) is 6.93. The van der Waals surface area contributed by atoms with Crippen LogP contribution in [0.4, 0.5) is 0 Å². The monoisotopic (exact) mass is 574 g/mol. The lowest BCUT2D eigenvalue weighted by molar-refractivity contribution is -0.112. The van der Waals surface area contributed by atoms with Gasteiger partial charge in [-0.2, -0.15) is 25.3 Å². The molecule has 180 valence electrons. The van der Waals surface area contributed by atoms with E-state index in [0.717, 1.165) is 21.6 Å². The molecule has 0 aliphatic rings. The molecule has 0 radical (unpaired) electrons. The van der Waals surface area contributed by atoms with Crippen molar-refractivity contribution in [2.75, 3.05) is 36.1 Å². The standard InChI is InChI=1S/C17H26N4O4S7/c1-9-10(14(22)20-2-4-29-31-16(24)11(18)6-26)8-28-13(9)15(23)21-3-5-30-32-17(25)12(19)7-27/h8,11-12,26-27H,2-7,18-19H2,1H3,(H,20,22)(H,21,23)/t11-,12-/m0/s1. The molecule has 6 N–H and O–H groups in total. The first-order chi connectivity index (χ1) is 15.2. The van der Waals surface area contributed by atoms with E-state index in [1.165, 1.54) is 32.9 Å². The third kappa shape index (κ3) is 10.5. The Kier molecular flexibility index (Phi) is 15.6. The Labute approximate surface area is 218 Å². The third-order valence-corrected chi connectivity index (χ3v) is 10.2. The summed E-state index contributed by atoms with van der Waals surface area (Å²) in [5.41, 5.74) is 12.2. The predicted octanol–water partition coefficient (Wildman–Crippen LogP) is 1.85. The van der Waals surface area contributed by atoms with Gasteiger partial charge in [-0.05, 0) is 34.1 Å². The average Bonchev–Trinajstić information content (AvgIpc) is 3.18. The maximum absolute atomic E-state index is 12.4. The molecule has 0 fully saturated rings. The molecule has 0 aliphatic heterocycles. The first-order valence-corrected chi connectivity index (χ1v) is 16.0. The van der Waals surface area contributed by atoms with E-state index in [0.29, 0.717) is 52.1 Å². The third-order valence-electron chi connectivity index (χ3n) is 3.71. The summed E-state index contributed by atoms with van der Waals surface area (Å²) in [6.45, 7) is 2.48. The molecule has 1 aromatic heterocycles. The summed E-state index contributed by atoms with van der Waals surface area (Å²) in [4.78, 5) is 48.5. The lowest BCUT2D eigenvalue weighted by Crippen LogP contribution is -2.30. The van der Waals surface area contributed by atoms with Crippen molar-refractivity contribution in [2.45, 2.75) is 19.0 Å². The molecule has 15 heteroatoms. The van der Waals surface area contributed by atoms with Crippen LogP contribution in [0.1, 0.15) is 25.6 Å². The summed E-state index contributed by atoms with van der Waals surface area (Å²) in [7, 11) is 4.74. The number of rotatable bonds is 14. The molecule has 0 unspecified atom stereocenters. The van der Waals surface area contributed by atoms with Gasteiger partial charge in [0.2, 0.25) is 10.2 Å². The van der Waals surface area contributed by atoms with Crippen molar-refractivity contribution in [1.29, 1.82) is 0 Å². The number of carbonyl (C=O) groups is 4. The second-order valence-corrected chi connectivity index (χ2v) is 12.6. The van der Waals surface area contributed by atoms with E-state index in [1.54, 1.807) is 12.3 Å². The Hall–Kier alpha value is -0.000000000000000222. The van der Waals surface area contributed by atoms with Crippen LogP contribution >= 0.6 is 79.8 Å². The zero-order valence-electron chi connectivity index (χ0n) is 17.2. The van der Waals surface area contributed by atoms with Crippen LogP contribution in [0.5, 0.6) is 0 Å². The van der Waals surface area contributed by atoms with Crippen LogP contribution in [0.25, 0.3) is 0 Å². The number of carbonyl (C=O) groups excluding carboxylic acids is 4. The van der Waals surface area contributed by atoms with Gasteiger partial charge in [-0.1, -0.05) is 21.6 Å². The molecule has 0 spiro atoms. The van der Waals surface area contributed by atoms with Gasteiger partial charge in [-0.25, -0.2) is 0 Å². The highest BCUT2D eigenvalue weighted by molar-refractivity contribution is 8.82. The fraction of sp³-hybridized carbons (Fsp3) is 0.529. The molecule has 0 saturated heterocycles. The van der Waals surface area contributed by atoms with Crippen LogP contribution in [-0.2, 0) is 9.59 Å². The van der Waals surface area contributed by atoms with Crippen molar-refractivity contribution in [3.63, 3.8) is 0 Å². The summed E-state index contributed by atoms with van der Waals surface area (Å²) >= 11 is 9.17. The first-order valence-electron chi connectivity index (χ1n) is 9.26. The fourth-order valence-corrected chi connectivity index (χ4v) is 7.11. The second kappa shape index (κ2) is 16.6. The normalized spacial score (nSPS) is 12.8. The number of nitrogens with two attached hydrogens (primary N) is 2. The molecule has 2 atom stereocenters. The number of thiol groups is 2. The number of hydrogen-bond acceptors (Lipinski definition) is 13. The summed E-state index contributed by atoms with van der Waals surface area (Å²) in [5.74, 6) is 1.12. The second-order valence-electron chi connectivity index (χ2n) is 6.14. The molecule has 0 aliphatic carbocycles. The van der Waals surface area contributed by atoms with E-state index in [9.17, 15) is 19.2 Å². The molecule has 0 saturated carbocycles. The number of thiophene rings is 1. The molecule has 1 aromatic rings. The highest BCUT2D eigenvalue weighted by Gasteiger charge is 2.19. The van der Waals surface area contributed by atoms with E-state index in [2.05, 4.69) is 35.9 Å². The molecule has 32 heavy (non-hydrogen) atoms. The highest BCUT2D eigenvalue weighted by Crippen LogP contribution is 2.25. The van der Waals surface area contributed by atoms with Gasteiger partial charge in [-0.15, -0.1) is 11.3 Å². The summed E-state index contributed by atoms with van der Waals surface area (Å²) < 4.78 is 0. The molecule has 8 nitrogen and oxygen atoms in total. The quantitative estimate of drug-likeness (QED) is 0.111. The van der Waals surface area contributed by atoms with Crippen molar-refractivity contribution in [1.82, 2.24) is 10.6 Å². The maximum atomic E-state index is 12.4. The Morgan fingerprint density at radius 1 is 0.938 bits per heavy atom. The number of hydrogen-bond donors (Lipinski definition) is 6. The minimum absolute atomic E-state index is 0.147. The molecular formula is C17H26N4O4S7. The van der Waals surface area contributed by atoms with Crippen LogP contribution in [0.2, 0.25) is 0 Å². The van der Waals surface area contributed by atoms with Crippen molar-refractivity contribution in [3.05, 3.63) is 21.4 Å². The van der Waals surface area contributed by atoms with Crippen LogP contribution in [0.3, 0.4) is 0 Å². The summed E-state index contributed by atoms with van der Waals surface area (Å²) in [6, 6.07) is -1.19. The lowest BCUT2D eigenvalue weighted by atomic mass is 10.1. The lowest BCUT2D eigenvalue weighted by Gasteiger charge is -2.08. The fourth-order valence-electron chi connectivity index (χ4n) is 1.92. The van der Waals surface area contributed by atoms with Gasteiger partial charge in [0.1, 0.15) is 0 Å². The number of amides is 2. The molecular weight excluding hydrogens is 549 g/mol. The van der Waals surface area contributed by atoms with E-state index in [4.69, 9.17) is 11.5 Å². The summed E-state index contributed by atoms with van der Waals surface area (Å²) in [6.07, 6.45) is 0.